The number of aliphatic hydroxyl groups excluding tert-OH is 6. The number of hydrogen-bond donors (Lipinski definition) is 7. The van der Waals surface area contributed by atoms with Crippen molar-refractivity contribution in [2.75, 3.05) is 6.61 Å². The highest BCUT2D eigenvalue weighted by atomic mass is 16.4. The van der Waals surface area contributed by atoms with Gasteiger partial charge in [0.1, 0.15) is 18.3 Å². The summed E-state index contributed by atoms with van der Waals surface area (Å²) in [6.07, 6.45) is -11.2. The van der Waals surface area contributed by atoms with E-state index in [-0.39, 0.29) is 0 Å². The van der Waals surface area contributed by atoms with Crippen LogP contribution in [0.25, 0.3) is 0 Å². The summed E-state index contributed by atoms with van der Waals surface area (Å²) in [6.45, 7) is -0.955. The van der Waals surface area contributed by atoms with Crippen molar-refractivity contribution in [3.63, 3.8) is 0 Å². The molecule has 0 spiro atoms. The van der Waals surface area contributed by atoms with E-state index in [1.165, 1.54) is 0 Å². The monoisotopic (exact) mass is 254 g/mol. The minimum atomic E-state index is -2.46. The third kappa shape index (κ3) is 4.00. The Labute approximate surface area is 95.2 Å². The van der Waals surface area contributed by atoms with E-state index in [2.05, 4.69) is 0 Å². The summed E-state index contributed by atoms with van der Waals surface area (Å²) in [5, 5.41) is 61.7. The summed E-state index contributed by atoms with van der Waals surface area (Å²) in [7, 11) is 0. The molecule has 5 atom stereocenters. The lowest BCUT2D eigenvalue weighted by atomic mass is 9.98. The molecule has 0 aromatic heterocycles. The Balaban J connectivity index is 4.64. The topological polar surface area (TPSA) is 176 Å². The Hall–Kier alpha value is -1.10. The number of aliphatic carboxylic acids is 1. The van der Waals surface area contributed by atoms with E-state index in [4.69, 9.17) is 35.7 Å². The molecule has 0 aromatic rings. The Morgan fingerprint density at radius 2 is 1.35 bits per heavy atom. The van der Waals surface area contributed by atoms with Gasteiger partial charge in [0.2, 0.25) is 0 Å². The summed E-state index contributed by atoms with van der Waals surface area (Å²) < 4.78 is 0. The van der Waals surface area contributed by atoms with Gasteiger partial charge in [0.05, 0.1) is 6.61 Å². The zero-order chi connectivity index (χ0) is 13.7. The highest BCUT2D eigenvalue weighted by molar-refractivity contribution is 5.92. The van der Waals surface area contributed by atoms with Gasteiger partial charge in [-0.1, -0.05) is 0 Å². The van der Waals surface area contributed by atoms with Crippen LogP contribution < -0.4 is 0 Å². The van der Waals surface area contributed by atoms with Crippen LogP contribution in [-0.2, 0) is 9.59 Å². The molecule has 1 unspecified atom stereocenters. The molecule has 0 saturated carbocycles. The molecule has 7 N–H and O–H groups in total. The van der Waals surface area contributed by atoms with Crippen molar-refractivity contribution in [3.8, 4) is 0 Å². The highest BCUT2D eigenvalue weighted by Gasteiger charge is 2.38. The average molecular weight is 254 g/mol. The van der Waals surface area contributed by atoms with E-state index >= 15 is 0 Å². The number of rotatable bonds is 7. The third-order valence-corrected chi connectivity index (χ3v) is 2.04. The Morgan fingerprint density at radius 1 is 0.882 bits per heavy atom. The Morgan fingerprint density at radius 3 is 1.71 bits per heavy atom. The lowest BCUT2D eigenvalue weighted by Crippen LogP contribution is -2.51. The first-order valence-corrected chi connectivity index (χ1v) is 4.51. The second kappa shape index (κ2) is 6.59. The van der Waals surface area contributed by atoms with E-state index < -0.39 is 48.9 Å². The fourth-order valence-electron chi connectivity index (χ4n) is 0.952. The second-order valence-corrected chi connectivity index (χ2v) is 3.32. The number of ketones is 1. The van der Waals surface area contributed by atoms with Crippen LogP contribution in [0, 0.1) is 0 Å². The van der Waals surface area contributed by atoms with Gasteiger partial charge in [-0.05, 0) is 0 Å². The predicted molar refractivity (Wildman–Crippen MR) is 49.8 cm³/mol. The van der Waals surface area contributed by atoms with Gasteiger partial charge < -0.3 is 35.7 Å². The summed E-state index contributed by atoms with van der Waals surface area (Å²) in [5.41, 5.74) is 0. The molecule has 0 aliphatic heterocycles. The maximum absolute atomic E-state index is 11.2. The van der Waals surface area contributed by atoms with Gasteiger partial charge in [0.25, 0.3) is 0 Å². The van der Waals surface area contributed by atoms with Crippen LogP contribution in [0.1, 0.15) is 0 Å². The van der Waals surface area contributed by atoms with Crippen LogP contribution in [0.5, 0.6) is 0 Å². The summed E-state index contributed by atoms with van der Waals surface area (Å²) in [5.74, 6) is -3.48. The predicted octanol–water partition coefficient (Wildman–Crippen LogP) is -4.56. The van der Waals surface area contributed by atoms with Gasteiger partial charge in [-0.25, -0.2) is 4.79 Å². The quantitative estimate of drug-likeness (QED) is 0.236. The number of carbonyl (C=O) groups excluding carboxylic acids is 1. The molecular formula is C8H14O9. The van der Waals surface area contributed by atoms with Gasteiger partial charge in [-0.2, -0.15) is 0 Å². The normalized spacial score (nSPS) is 20.1. The molecule has 9 nitrogen and oxygen atoms in total. The van der Waals surface area contributed by atoms with Crippen molar-refractivity contribution >= 4 is 11.8 Å². The van der Waals surface area contributed by atoms with Crippen molar-refractivity contribution in [1.29, 1.82) is 0 Å². The van der Waals surface area contributed by atoms with Crippen LogP contribution in [0.2, 0.25) is 0 Å². The molecular weight excluding hydrogens is 240 g/mol. The molecule has 0 fully saturated rings. The molecule has 17 heavy (non-hydrogen) atoms. The highest BCUT2D eigenvalue weighted by Crippen LogP contribution is 2.06. The van der Waals surface area contributed by atoms with Gasteiger partial charge in [0.15, 0.2) is 18.0 Å². The third-order valence-electron chi connectivity index (χ3n) is 2.04. The first-order valence-electron chi connectivity index (χ1n) is 4.51. The van der Waals surface area contributed by atoms with Crippen molar-refractivity contribution in [1.82, 2.24) is 0 Å². The molecule has 0 aliphatic rings. The fraction of sp³-hybridized carbons (Fsp3) is 0.750. The van der Waals surface area contributed by atoms with E-state index in [0.717, 1.165) is 0 Å². The summed E-state index contributed by atoms with van der Waals surface area (Å²) in [6, 6.07) is 0. The number of Topliss-reactive ketones (excluding diaryl/α,β-unsaturated/α-hetero) is 1. The minimum Gasteiger partial charge on any atom is -0.479 e. The first kappa shape index (κ1) is 15.9. The molecule has 0 saturated heterocycles. The zero-order valence-electron chi connectivity index (χ0n) is 8.54. The van der Waals surface area contributed by atoms with E-state index in [0.29, 0.717) is 0 Å². The van der Waals surface area contributed by atoms with Crippen LogP contribution in [0.3, 0.4) is 0 Å². The second-order valence-electron chi connectivity index (χ2n) is 3.32. The lowest BCUT2D eigenvalue weighted by Gasteiger charge is -2.23. The molecule has 0 radical (unpaired) electrons. The Kier molecular flexibility index (Phi) is 6.16. The van der Waals surface area contributed by atoms with Gasteiger partial charge in [-0.15, -0.1) is 0 Å². The maximum Gasteiger partial charge on any atom is 0.335 e. The molecule has 0 amide bonds. The van der Waals surface area contributed by atoms with Crippen LogP contribution >= 0.6 is 0 Å². The van der Waals surface area contributed by atoms with Crippen molar-refractivity contribution in [2.24, 2.45) is 0 Å². The molecule has 0 aliphatic carbocycles. The standard InChI is InChI=1S/C8H14O9/c9-1-2(10)3(11)4(12)5(13)6(14)7(15)8(16)17/h2-4,6-7,9-12,14-15H,1H2,(H,16,17)/t2-,3+,4-,6-,7?/m0/s1. The number of carboxylic acids is 1. The van der Waals surface area contributed by atoms with Crippen molar-refractivity contribution < 1.29 is 45.3 Å². The average Bonchev–Trinajstić information content (AvgIpc) is 2.32. The van der Waals surface area contributed by atoms with E-state index in [1.54, 1.807) is 0 Å². The van der Waals surface area contributed by atoms with Gasteiger partial charge in [0, 0.05) is 0 Å². The molecule has 0 aromatic carbocycles. The zero-order valence-corrected chi connectivity index (χ0v) is 8.54. The summed E-state index contributed by atoms with van der Waals surface area (Å²) in [4.78, 5) is 21.4. The number of carboxylic acid groups (broad SMARTS) is 1. The van der Waals surface area contributed by atoms with Crippen molar-refractivity contribution in [3.05, 3.63) is 0 Å². The number of carbonyl (C=O) groups is 2. The van der Waals surface area contributed by atoms with Crippen LogP contribution in [0.4, 0.5) is 0 Å². The minimum absolute atomic E-state index is 0.955. The molecule has 0 heterocycles. The first-order chi connectivity index (χ1) is 7.73. The van der Waals surface area contributed by atoms with E-state index in [9.17, 15) is 9.59 Å². The fourth-order valence-corrected chi connectivity index (χ4v) is 0.952. The molecule has 0 bridgehead atoms. The lowest BCUT2D eigenvalue weighted by molar-refractivity contribution is -0.165. The molecule has 100 valence electrons. The van der Waals surface area contributed by atoms with Gasteiger partial charge >= 0.3 is 5.97 Å². The molecule has 9 heteroatoms. The SMILES string of the molecule is O=C(O)C(O)[C@@H](O)C(=O)[C@@H](O)[C@H](O)[C@@H](O)CO. The maximum atomic E-state index is 11.2. The number of aliphatic hydroxyl groups is 6. The van der Waals surface area contributed by atoms with Crippen LogP contribution in [0.15, 0.2) is 0 Å². The Bertz CT molecular complexity index is 278. The molecule has 0 rings (SSSR count). The largest absolute Gasteiger partial charge is 0.479 e. The van der Waals surface area contributed by atoms with Crippen LogP contribution in [-0.4, -0.2) is 84.6 Å². The smallest absolute Gasteiger partial charge is 0.335 e. The van der Waals surface area contributed by atoms with Crippen molar-refractivity contribution in [2.45, 2.75) is 30.5 Å². The summed E-state index contributed by atoms with van der Waals surface area (Å²) >= 11 is 0. The van der Waals surface area contributed by atoms with E-state index in [1.807, 2.05) is 0 Å². The number of hydrogen-bond acceptors (Lipinski definition) is 8. The van der Waals surface area contributed by atoms with Gasteiger partial charge in [-0.3, -0.25) is 4.79 Å².